The molecule has 0 amide bonds. The Hall–Kier alpha value is -3.62. The van der Waals surface area contributed by atoms with Crippen LogP contribution in [0.1, 0.15) is 104 Å². The van der Waals surface area contributed by atoms with Crippen LogP contribution in [0.25, 0.3) is 12.2 Å². The van der Waals surface area contributed by atoms with Crippen LogP contribution in [-0.2, 0) is 0 Å². The average molecular weight is 527 g/mol. The first-order valence-corrected chi connectivity index (χ1v) is 15.1. The lowest BCUT2D eigenvalue weighted by Crippen LogP contribution is -2.41. The normalized spacial score (nSPS) is 11.5. The summed E-state index contributed by atoms with van der Waals surface area (Å²) in [5.74, 6) is 14.0. The minimum Gasteiger partial charge on any atom is -0.492 e. The van der Waals surface area contributed by atoms with E-state index in [0.29, 0.717) is 6.71 Å². The van der Waals surface area contributed by atoms with Crippen molar-refractivity contribution in [1.82, 2.24) is 0 Å². The van der Waals surface area contributed by atoms with Crippen LogP contribution < -0.4 is 15.7 Å². The van der Waals surface area contributed by atoms with Crippen LogP contribution in [0.5, 0.6) is 5.75 Å². The first-order valence-electron chi connectivity index (χ1n) is 15.1. The predicted molar refractivity (Wildman–Crippen MR) is 175 cm³/mol. The quantitative estimate of drug-likeness (QED) is 0.147. The third-order valence-corrected chi connectivity index (χ3v) is 7.89. The monoisotopic (exact) mass is 526 g/mol. The van der Waals surface area contributed by atoms with E-state index in [-0.39, 0.29) is 0 Å². The van der Waals surface area contributed by atoms with Gasteiger partial charge in [-0.1, -0.05) is 135 Å². The standard InChI is InChI=1S/C38H43BO/c1-6-8-9-10-11-12-13-14-24-40-38-28-34(30(4)26-35(38)15-7-2)21-18-31-17-20-33-23-22-32-19-16-29(3)25-36(32)39(5)37(33)27-31/h16-17,19-20,22-23,25-28H,6,8-14,24H2,1-5H3. The number of rotatable bonds is 10. The number of unbranched alkanes of at least 4 members (excludes halogenated alkanes) is 7. The second-order valence-electron chi connectivity index (χ2n) is 11.1. The van der Waals surface area contributed by atoms with Gasteiger partial charge in [0.25, 0.3) is 0 Å². The molecule has 0 atom stereocenters. The van der Waals surface area contributed by atoms with Crippen molar-refractivity contribution >= 4 is 29.8 Å². The first-order chi connectivity index (χ1) is 19.5. The largest absolute Gasteiger partial charge is 0.492 e. The fourth-order valence-corrected chi connectivity index (χ4v) is 5.48. The molecule has 4 rings (SSSR count). The van der Waals surface area contributed by atoms with Gasteiger partial charge in [0.2, 0.25) is 6.71 Å². The lowest BCUT2D eigenvalue weighted by atomic mass is 9.41. The van der Waals surface area contributed by atoms with Crippen LogP contribution in [0.4, 0.5) is 0 Å². The molecule has 0 spiro atoms. The lowest BCUT2D eigenvalue weighted by Gasteiger charge is -2.14. The SMILES string of the molecule is CC#Cc1cc(C)c(C#Cc2ccc3c(c2)B(C)c2cc(C)ccc2C=C3)cc1OCCCCCCCCCC. The molecule has 0 saturated heterocycles. The molecule has 40 heavy (non-hydrogen) atoms. The summed E-state index contributed by atoms with van der Waals surface area (Å²) in [5, 5.41) is 0. The number of ether oxygens (including phenoxy) is 1. The molecule has 0 bridgehead atoms. The molecule has 1 aliphatic rings. The lowest BCUT2D eigenvalue weighted by molar-refractivity contribution is 0.303. The van der Waals surface area contributed by atoms with E-state index in [1.54, 1.807) is 0 Å². The van der Waals surface area contributed by atoms with E-state index in [9.17, 15) is 0 Å². The van der Waals surface area contributed by atoms with E-state index in [0.717, 1.165) is 41.0 Å². The van der Waals surface area contributed by atoms with Crippen molar-refractivity contribution in [2.24, 2.45) is 0 Å². The molecular weight excluding hydrogens is 483 g/mol. The smallest absolute Gasteiger partial charge is 0.207 e. The average Bonchev–Trinajstić information content (AvgIpc) is 3.08. The molecule has 1 aliphatic heterocycles. The highest BCUT2D eigenvalue weighted by atomic mass is 16.5. The Bertz CT molecular complexity index is 1470. The van der Waals surface area contributed by atoms with Gasteiger partial charge in [0.15, 0.2) is 0 Å². The van der Waals surface area contributed by atoms with Crippen LogP contribution in [0.2, 0.25) is 6.82 Å². The van der Waals surface area contributed by atoms with Crippen LogP contribution >= 0.6 is 0 Å². The summed E-state index contributed by atoms with van der Waals surface area (Å²) in [5.41, 5.74) is 10.7. The van der Waals surface area contributed by atoms with Gasteiger partial charge in [-0.3, -0.25) is 0 Å². The second kappa shape index (κ2) is 14.7. The molecule has 1 nitrogen and oxygen atoms in total. The van der Waals surface area contributed by atoms with Gasteiger partial charge in [0.05, 0.1) is 12.2 Å². The third-order valence-electron chi connectivity index (χ3n) is 7.89. The maximum absolute atomic E-state index is 6.25. The molecular formula is C38H43BO. The maximum Gasteiger partial charge on any atom is 0.207 e. The molecule has 1 heterocycles. The Balaban J connectivity index is 1.48. The Morgan fingerprint density at radius 2 is 1.38 bits per heavy atom. The zero-order chi connectivity index (χ0) is 28.3. The van der Waals surface area contributed by atoms with Gasteiger partial charge < -0.3 is 4.74 Å². The van der Waals surface area contributed by atoms with E-state index in [2.05, 4.69) is 112 Å². The first kappa shape index (κ1) is 29.4. The highest BCUT2D eigenvalue weighted by Gasteiger charge is 2.21. The molecule has 0 saturated carbocycles. The summed E-state index contributed by atoms with van der Waals surface area (Å²) < 4.78 is 6.25. The third kappa shape index (κ3) is 7.74. The predicted octanol–water partition coefficient (Wildman–Crippen LogP) is 8.32. The fourth-order valence-electron chi connectivity index (χ4n) is 5.48. The number of hydrogen-bond donors (Lipinski definition) is 0. The van der Waals surface area contributed by atoms with Gasteiger partial charge in [-0.2, -0.15) is 0 Å². The Morgan fingerprint density at radius 1 is 0.700 bits per heavy atom. The minimum absolute atomic E-state index is 0.312. The van der Waals surface area contributed by atoms with Crippen LogP contribution in [0.3, 0.4) is 0 Å². The van der Waals surface area contributed by atoms with E-state index in [1.165, 1.54) is 72.6 Å². The molecule has 2 heteroatoms. The highest BCUT2D eigenvalue weighted by molar-refractivity contribution is 6.85. The second-order valence-corrected chi connectivity index (χ2v) is 11.1. The molecule has 0 aliphatic carbocycles. The summed E-state index contributed by atoms with van der Waals surface area (Å²) in [6, 6.07) is 17.5. The van der Waals surface area contributed by atoms with E-state index in [4.69, 9.17) is 4.74 Å². The molecule has 0 aromatic heterocycles. The van der Waals surface area contributed by atoms with Gasteiger partial charge in [0, 0.05) is 11.1 Å². The van der Waals surface area contributed by atoms with Gasteiger partial charge in [0.1, 0.15) is 5.75 Å². The highest BCUT2D eigenvalue weighted by Crippen LogP contribution is 2.24. The molecule has 0 N–H and O–H groups in total. The van der Waals surface area contributed by atoms with Crippen LogP contribution in [0.15, 0.2) is 48.5 Å². The summed E-state index contributed by atoms with van der Waals surface area (Å²) >= 11 is 0. The fraction of sp³-hybridized carbons (Fsp3) is 0.368. The van der Waals surface area contributed by atoms with Gasteiger partial charge in [-0.15, -0.1) is 5.92 Å². The number of aryl methyl sites for hydroxylation is 2. The summed E-state index contributed by atoms with van der Waals surface area (Å²) in [6.45, 7) is 11.7. The van der Waals surface area contributed by atoms with Crippen LogP contribution in [-0.4, -0.2) is 13.3 Å². The molecule has 3 aromatic rings. The Morgan fingerprint density at radius 3 is 2.10 bits per heavy atom. The molecule has 204 valence electrons. The van der Waals surface area contributed by atoms with Gasteiger partial charge >= 0.3 is 0 Å². The van der Waals surface area contributed by atoms with E-state index >= 15 is 0 Å². The molecule has 0 unspecified atom stereocenters. The number of fused-ring (bicyclic) bond motifs is 2. The van der Waals surface area contributed by atoms with Crippen molar-refractivity contribution in [3.63, 3.8) is 0 Å². The van der Waals surface area contributed by atoms with Crippen molar-refractivity contribution in [1.29, 1.82) is 0 Å². The van der Waals surface area contributed by atoms with Gasteiger partial charge in [-0.25, -0.2) is 0 Å². The Kier molecular flexibility index (Phi) is 10.8. The van der Waals surface area contributed by atoms with Crippen molar-refractivity contribution in [2.45, 2.75) is 85.9 Å². The summed E-state index contributed by atoms with van der Waals surface area (Å²) in [6.07, 6.45) is 14.8. The summed E-state index contributed by atoms with van der Waals surface area (Å²) in [7, 11) is 0. The van der Waals surface area contributed by atoms with Gasteiger partial charge in [-0.05, 0) is 62.1 Å². The number of hydrogen-bond acceptors (Lipinski definition) is 1. The number of benzene rings is 3. The zero-order valence-corrected chi connectivity index (χ0v) is 25.1. The van der Waals surface area contributed by atoms with E-state index < -0.39 is 0 Å². The minimum atomic E-state index is 0.312. The zero-order valence-electron chi connectivity index (χ0n) is 25.1. The summed E-state index contributed by atoms with van der Waals surface area (Å²) in [4.78, 5) is 0. The maximum atomic E-state index is 6.25. The topological polar surface area (TPSA) is 9.23 Å². The van der Waals surface area contributed by atoms with E-state index in [1.807, 2.05) is 6.92 Å². The molecule has 0 radical (unpaired) electrons. The van der Waals surface area contributed by atoms with Crippen molar-refractivity contribution in [2.75, 3.05) is 6.61 Å². The Labute approximate surface area is 243 Å². The molecule has 0 fully saturated rings. The molecule has 3 aromatic carbocycles. The van der Waals surface area contributed by atoms with Crippen molar-refractivity contribution in [3.8, 4) is 29.4 Å². The van der Waals surface area contributed by atoms with Crippen molar-refractivity contribution in [3.05, 3.63) is 87.5 Å². The van der Waals surface area contributed by atoms with Crippen LogP contribution in [0, 0.1) is 37.5 Å². The van der Waals surface area contributed by atoms with Crippen molar-refractivity contribution < 1.29 is 4.74 Å².